The van der Waals surface area contributed by atoms with E-state index in [1.165, 1.54) is 28.0 Å². The molecule has 4 aliphatic rings. The largest absolute Gasteiger partial charge is 0.391 e. The van der Waals surface area contributed by atoms with Crippen molar-refractivity contribution in [2.75, 3.05) is 30.8 Å². The van der Waals surface area contributed by atoms with E-state index >= 15 is 0 Å². The number of carbonyl (C=O) groups excluding carboxylic acids is 4. The molecule has 18 heteroatoms. The smallest absolute Gasteiger partial charge is 0.254 e. The van der Waals surface area contributed by atoms with Crippen molar-refractivity contribution in [1.82, 2.24) is 40.2 Å². The highest BCUT2D eigenvalue weighted by Crippen LogP contribution is 2.44. The summed E-state index contributed by atoms with van der Waals surface area (Å²) in [6.45, 7) is 10.1. The number of aliphatic hydroxyl groups excluding tert-OH is 1. The molecule has 3 fully saturated rings. The average Bonchev–Trinajstić information content (AvgIpc) is 4.16. The minimum absolute atomic E-state index is 0.0411. The van der Waals surface area contributed by atoms with Gasteiger partial charge in [0.15, 0.2) is 0 Å². The first kappa shape index (κ1) is 48.3. The number of thiazole rings is 1. The summed E-state index contributed by atoms with van der Waals surface area (Å²) in [7, 11) is 1.67. The standard InChI is InChI=1S/C52H60FN11O5S/c1-28(30-9-11-31(12-10-30)45-29(2)57-27-70-45)58-49(67)42-22-36(65)25-63(42)51(69)46(52(3,4)5)59-48(66)32-13-16-35(17-14-32)64-43(23-54)44-33-20-41(47(55)56-24-33)62-19-7-8-40(62)38-21-34(53)15-18-37(38)50(68)61(6)26-39(44)60-64/h9-12,15,18,20-21,24,27-28,32,35-36,40,42,46,65H,7-8,13-14,16-17,19,22,25-26H2,1-6H3,(H2,55,56)(H,58,67)(H,59,66)/t28-,32?,35?,36+,40+,42-,46+/m0/s1. The Morgan fingerprint density at radius 3 is 2.43 bits per heavy atom. The average molecular weight is 970 g/mol. The maximum Gasteiger partial charge on any atom is 0.254 e. The fraction of sp³-hybridized carbons (Fsp3) is 0.462. The van der Waals surface area contributed by atoms with Gasteiger partial charge in [0, 0.05) is 55.4 Å². The van der Waals surface area contributed by atoms with Crippen molar-refractivity contribution >= 4 is 46.5 Å². The van der Waals surface area contributed by atoms with Gasteiger partial charge in [-0.1, -0.05) is 45.0 Å². The van der Waals surface area contributed by atoms with E-state index in [1.54, 1.807) is 29.3 Å². The second-order valence-electron chi connectivity index (χ2n) is 20.4. The minimum Gasteiger partial charge on any atom is -0.391 e. The van der Waals surface area contributed by atoms with Crippen molar-refractivity contribution in [3.63, 3.8) is 0 Å². The van der Waals surface area contributed by atoms with E-state index in [0.717, 1.165) is 28.1 Å². The number of aliphatic hydroxyl groups is 1. The van der Waals surface area contributed by atoms with Crippen molar-refractivity contribution in [2.45, 2.75) is 122 Å². The van der Waals surface area contributed by atoms with Gasteiger partial charge >= 0.3 is 0 Å². The topological polar surface area (TPSA) is 216 Å². The first-order valence-corrected chi connectivity index (χ1v) is 25.0. The summed E-state index contributed by atoms with van der Waals surface area (Å²) >= 11 is 1.57. The van der Waals surface area contributed by atoms with Gasteiger partial charge in [0.05, 0.1) is 58.2 Å². The number of halogens is 1. The van der Waals surface area contributed by atoms with Gasteiger partial charge in [-0.3, -0.25) is 23.9 Å². The normalized spacial score (nSPS) is 22.2. The summed E-state index contributed by atoms with van der Waals surface area (Å²) in [6, 6.07) is 13.6. The first-order valence-electron chi connectivity index (χ1n) is 24.1. The summed E-state index contributed by atoms with van der Waals surface area (Å²) in [6.07, 6.45) is 4.16. The van der Waals surface area contributed by atoms with E-state index in [4.69, 9.17) is 10.8 Å². The highest BCUT2D eigenvalue weighted by molar-refractivity contribution is 7.13. The van der Waals surface area contributed by atoms with Gasteiger partial charge in [0.25, 0.3) is 5.91 Å². The van der Waals surface area contributed by atoms with Crippen LogP contribution >= 0.6 is 11.3 Å². The van der Waals surface area contributed by atoms with E-state index in [2.05, 4.69) is 31.6 Å². The number of nitriles is 1. The van der Waals surface area contributed by atoms with E-state index in [0.29, 0.717) is 78.0 Å². The van der Waals surface area contributed by atoms with Crippen LogP contribution in [0, 0.1) is 35.4 Å². The molecule has 4 amide bonds. The molecule has 16 nitrogen and oxygen atoms in total. The van der Waals surface area contributed by atoms with Crippen LogP contribution in [0.4, 0.5) is 15.9 Å². The molecule has 70 heavy (non-hydrogen) atoms. The third-order valence-corrected chi connectivity index (χ3v) is 15.6. The molecule has 0 radical (unpaired) electrons. The molecule has 366 valence electrons. The Balaban J connectivity index is 0.905. The molecule has 0 unspecified atom stereocenters. The summed E-state index contributed by atoms with van der Waals surface area (Å²) in [5.74, 6) is -2.01. The molecule has 2 bridgehead atoms. The number of hydrogen-bond acceptors (Lipinski definition) is 12. The molecule has 3 aromatic heterocycles. The lowest BCUT2D eigenvalue weighted by Gasteiger charge is -2.37. The quantitative estimate of drug-likeness (QED) is 0.124. The maximum absolute atomic E-state index is 14.8. The zero-order valence-electron chi connectivity index (χ0n) is 40.4. The van der Waals surface area contributed by atoms with Crippen molar-refractivity contribution in [2.24, 2.45) is 11.3 Å². The van der Waals surface area contributed by atoms with Crippen LogP contribution in [0.5, 0.6) is 0 Å². The maximum atomic E-state index is 14.8. The predicted octanol–water partition coefficient (Wildman–Crippen LogP) is 7.00. The second-order valence-corrected chi connectivity index (χ2v) is 21.3. The molecule has 9 rings (SSSR count). The number of nitrogens with two attached hydrogens (primary N) is 1. The molecule has 0 spiro atoms. The van der Waals surface area contributed by atoms with E-state index in [1.807, 2.05) is 70.5 Å². The number of benzene rings is 2. The number of aromatic nitrogens is 4. The Morgan fingerprint density at radius 2 is 1.74 bits per heavy atom. The van der Waals surface area contributed by atoms with Crippen molar-refractivity contribution in [1.29, 1.82) is 5.26 Å². The molecule has 3 aliphatic heterocycles. The molecule has 6 heterocycles. The number of nitrogens with one attached hydrogen (secondary N) is 2. The van der Waals surface area contributed by atoms with Crippen LogP contribution in [-0.4, -0.2) is 96.6 Å². The van der Waals surface area contributed by atoms with Crippen LogP contribution in [0.1, 0.15) is 129 Å². The Bertz CT molecular complexity index is 2880. The highest BCUT2D eigenvalue weighted by Gasteiger charge is 2.46. The fourth-order valence-electron chi connectivity index (χ4n) is 10.8. The number of nitrogens with zero attached hydrogens (tertiary/aromatic N) is 8. The molecule has 5 aromatic rings. The number of pyridine rings is 1. The molecule has 2 saturated heterocycles. The van der Waals surface area contributed by atoms with Gasteiger partial charge in [-0.05, 0) is 98.7 Å². The monoisotopic (exact) mass is 969 g/mol. The number of aryl methyl sites for hydroxylation is 1. The lowest BCUT2D eigenvalue weighted by Crippen LogP contribution is -2.58. The molecule has 2 aromatic carbocycles. The Labute approximate surface area is 411 Å². The third-order valence-electron chi connectivity index (χ3n) is 14.6. The number of β-amino-alcohol motifs (C(OH)–C–C–N with tert-alkyl or cyclic N) is 1. The number of carbonyl (C=O) groups is 4. The van der Waals surface area contributed by atoms with Crippen LogP contribution in [0.15, 0.2) is 60.2 Å². The molecule has 5 N–H and O–H groups in total. The number of nitrogen functional groups attached to an aromatic ring is 1. The lowest BCUT2D eigenvalue weighted by atomic mass is 9.82. The van der Waals surface area contributed by atoms with Crippen LogP contribution in [0.25, 0.3) is 21.6 Å². The van der Waals surface area contributed by atoms with Crippen LogP contribution in [0.3, 0.4) is 0 Å². The van der Waals surface area contributed by atoms with E-state index in [9.17, 15) is 33.9 Å². The van der Waals surface area contributed by atoms with Crippen LogP contribution < -0.4 is 21.3 Å². The van der Waals surface area contributed by atoms with Gasteiger partial charge < -0.3 is 36.2 Å². The van der Waals surface area contributed by atoms with Gasteiger partial charge in [0.1, 0.15) is 35.5 Å². The predicted molar refractivity (Wildman–Crippen MR) is 263 cm³/mol. The number of rotatable bonds is 8. The molecule has 1 aliphatic carbocycles. The highest BCUT2D eigenvalue weighted by atomic mass is 32.1. The lowest BCUT2D eigenvalue weighted by molar-refractivity contribution is -0.144. The Kier molecular flexibility index (Phi) is 13.3. The Morgan fingerprint density at radius 1 is 1.00 bits per heavy atom. The molecular weight excluding hydrogens is 910 g/mol. The number of amides is 4. The Hall–Kier alpha value is -6.71. The SMILES string of the molecule is Cc1ncsc1-c1ccc([C@H](C)NC(=O)[C@@H]2C[C@@H](O)CN2C(=O)[C@@H](NC(=O)C2CCC(n3nc4c(c3C#N)-c3cnc(N)c(c3)N3CCC[C@@H]3c3cc(F)ccc3C(=O)N(C)C4)CC2)C(C)(C)C)cc1. The summed E-state index contributed by atoms with van der Waals surface area (Å²) in [5.41, 5.74) is 14.0. The van der Waals surface area contributed by atoms with Crippen molar-refractivity contribution < 1.29 is 28.7 Å². The third kappa shape index (κ3) is 9.24. The van der Waals surface area contributed by atoms with Crippen LogP contribution in [0.2, 0.25) is 0 Å². The van der Waals surface area contributed by atoms with E-state index in [-0.39, 0.29) is 61.2 Å². The zero-order chi connectivity index (χ0) is 49.8. The van der Waals surface area contributed by atoms with Crippen molar-refractivity contribution in [3.8, 4) is 27.6 Å². The van der Waals surface area contributed by atoms with Gasteiger partial charge in [-0.2, -0.15) is 10.4 Å². The molecular formula is C52H60FN11O5S. The molecule has 1 saturated carbocycles. The minimum atomic E-state index is -0.990. The number of hydrogen-bond donors (Lipinski definition) is 4. The summed E-state index contributed by atoms with van der Waals surface area (Å²) in [4.78, 5) is 71.8. The number of anilines is 2. The summed E-state index contributed by atoms with van der Waals surface area (Å²) < 4.78 is 16.6. The van der Waals surface area contributed by atoms with E-state index < -0.39 is 41.2 Å². The first-order chi connectivity index (χ1) is 33.4. The second kappa shape index (κ2) is 19.2. The van der Waals surface area contributed by atoms with Crippen LogP contribution in [-0.2, 0) is 20.9 Å². The zero-order valence-corrected chi connectivity index (χ0v) is 41.2. The van der Waals surface area contributed by atoms with Gasteiger partial charge in [0.2, 0.25) is 17.7 Å². The number of likely N-dealkylation sites (tertiary alicyclic amines) is 1. The van der Waals surface area contributed by atoms with Gasteiger partial charge in [-0.25, -0.2) is 14.4 Å². The number of fused-ring (bicyclic) bond motifs is 8. The fourth-order valence-corrected chi connectivity index (χ4v) is 11.7. The summed E-state index contributed by atoms with van der Waals surface area (Å²) in [5, 5.41) is 32.8. The van der Waals surface area contributed by atoms with Crippen molar-refractivity contribution in [3.05, 3.63) is 99.8 Å². The molecule has 5 atom stereocenters. The van der Waals surface area contributed by atoms with Gasteiger partial charge in [-0.15, -0.1) is 11.3 Å².